The normalized spacial score (nSPS) is 10.6. The number of carboxylic acids is 1. The number of hydrogen-bond donors (Lipinski definition) is 1. The van der Waals surface area contributed by atoms with Gasteiger partial charge in [-0.1, -0.05) is 42.0 Å². The monoisotopic (exact) mass is 253 g/mol. The Balaban J connectivity index is 1.98. The third kappa shape index (κ3) is 3.67. The van der Waals surface area contributed by atoms with Crippen molar-refractivity contribution in [1.29, 1.82) is 0 Å². The van der Waals surface area contributed by atoms with E-state index in [1.807, 2.05) is 31.2 Å². The molecule has 0 aliphatic carbocycles. The molecule has 0 saturated heterocycles. The predicted octanol–water partition coefficient (Wildman–Crippen LogP) is 1.80. The minimum Gasteiger partial charge on any atom is -0.545 e. The summed E-state index contributed by atoms with van der Waals surface area (Å²) in [5.74, 6) is -1.18. The molecular weight excluding hydrogens is 240 g/mol. The highest BCUT2D eigenvalue weighted by Crippen LogP contribution is 2.08. The van der Waals surface area contributed by atoms with E-state index in [1.165, 1.54) is 17.7 Å². The number of nitrogens with one attached hydrogen (secondary N) is 1. The topological polar surface area (TPSA) is 64.5 Å². The van der Waals surface area contributed by atoms with E-state index in [9.17, 15) is 9.90 Å². The van der Waals surface area contributed by atoms with Gasteiger partial charge in [-0.05, 0) is 30.2 Å². The van der Waals surface area contributed by atoms with E-state index < -0.39 is 5.97 Å². The average Bonchev–Trinajstić information content (AvgIpc) is 2.41. The Kier molecular flexibility index (Phi) is 3.93. The van der Waals surface area contributed by atoms with E-state index in [4.69, 9.17) is 0 Å². The van der Waals surface area contributed by atoms with E-state index >= 15 is 0 Å². The largest absolute Gasteiger partial charge is 0.545 e. The van der Waals surface area contributed by atoms with E-state index in [2.05, 4.69) is 10.5 Å². The first kappa shape index (κ1) is 12.8. The Labute approximate surface area is 111 Å². The number of aromatic carboxylic acids is 1. The molecule has 0 amide bonds. The minimum atomic E-state index is -1.18. The van der Waals surface area contributed by atoms with Crippen LogP contribution in [0.4, 0.5) is 5.69 Å². The van der Waals surface area contributed by atoms with Crippen LogP contribution in [0.1, 0.15) is 21.5 Å². The Hall–Kier alpha value is -2.62. The van der Waals surface area contributed by atoms with Crippen LogP contribution in [0, 0.1) is 6.92 Å². The number of anilines is 1. The lowest BCUT2D eigenvalue weighted by molar-refractivity contribution is -0.255. The quantitative estimate of drug-likeness (QED) is 0.667. The molecule has 1 N–H and O–H groups in total. The first-order valence-corrected chi connectivity index (χ1v) is 5.82. The maximum Gasteiger partial charge on any atom is 0.0715 e. The Morgan fingerprint density at radius 1 is 1.11 bits per heavy atom. The van der Waals surface area contributed by atoms with Crippen molar-refractivity contribution < 1.29 is 9.90 Å². The summed E-state index contributed by atoms with van der Waals surface area (Å²) in [5, 5.41) is 14.7. The van der Waals surface area contributed by atoms with Crippen LogP contribution in [0.2, 0.25) is 0 Å². The van der Waals surface area contributed by atoms with Crippen molar-refractivity contribution in [2.45, 2.75) is 6.92 Å². The van der Waals surface area contributed by atoms with Crippen LogP contribution in [0.15, 0.2) is 53.6 Å². The molecule has 2 aromatic carbocycles. The zero-order valence-electron chi connectivity index (χ0n) is 10.5. The van der Waals surface area contributed by atoms with Crippen molar-refractivity contribution in [3.63, 3.8) is 0 Å². The molecule has 0 heterocycles. The zero-order valence-corrected chi connectivity index (χ0v) is 10.5. The van der Waals surface area contributed by atoms with Gasteiger partial charge >= 0.3 is 0 Å². The first-order chi connectivity index (χ1) is 9.15. The molecule has 0 bridgehead atoms. The van der Waals surface area contributed by atoms with Gasteiger partial charge in [0.05, 0.1) is 17.9 Å². The van der Waals surface area contributed by atoms with E-state index in [0.29, 0.717) is 0 Å². The smallest absolute Gasteiger partial charge is 0.0715 e. The van der Waals surface area contributed by atoms with Crippen LogP contribution in [0.25, 0.3) is 0 Å². The van der Waals surface area contributed by atoms with Crippen LogP contribution < -0.4 is 10.5 Å². The lowest BCUT2D eigenvalue weighted by atomic mass is 10.1. The molecule has 0 aromatic heterocycles. The molecule has 0 aliphatic heterocycles. The number of aryl methyl sites for hydroxylation is 1. The highest BCUT2D eigenvalue weighted by molar-refractivity contribution is 5.87. The molecule has 0 unspecified atom stereocenters. The molecule has 0 saturated carbocycles. The van der Waals surface area contributed by atoms with Crippen molar-refractivity contribution in [3.8, 4) is 0 Å². The molecule has 2 aromatic rings. The van der Waals surface area contributed by atoms with Gasteiger partial charge < -0.3 is 9.90 Å². The van der Waals surface area contributed by atoms with Crippen molar-refractivity contribution in [2.24, 2.45) is 5.10 Å². The third-order valence-corrected chi connectivity index (χ3v) is 2.61. The maximum atomic E-state index is 10.6. The fourth-order valence-electron chi connectivity index (χ4n) is 1.51. The van der Waals surface area contributed by atoms with E-state index in [1.54, 1.807) is 18.3 Å². The average molecular weight is 253 g/mol. The van der Waals surface area contributed by atoms with E-state index in [0.717, 1.165) is 11.3 Å². The summed E-state index contributed by atoms with van der Waals surface area (Å²) in [6, 6.07) is 14.2. The van der Waals surface area contributed by atoms with Gasteiger partial charge in [0, 0.05) is 0 Å². The molecular formula is C15H13N2O2-. The van der Waals surface area contributed by atoms with Gasteiger partial charge in [-0.15, -0.1) is 0 Å². The molecule has 4 heteroatoms. The highest BCUT2D eigenvalue weighted by Gasteiger charge is 1.93. The highest BCUT2D eigenvalue weighted by atomic mass is 16.4. The first-order valence-electron chi connectivity index (χ1n) is 5.82. The van der Waals surface area contributed by atoms with Crippen LogP contribution in [-0.4, -0.2) is 12.2 Å². The van der Waals surface area contributed by atoms with Gasteiger partial charge in [0.1, 0.15) is 0 Å². The molecule has 0 atom stereocenters. The van der Waals surface area contributed by atoms with Gasteiger partial charge in [0.2, 0.25) is 0 Å². The van der Waals surface area contributed by atoms with Crippen LogP contribution in [0.3, 0.4) is 0 Å². The summed E-state index contributed by atoms with van der Waals surface area (Å²) in [7, 11) is 0. The van der Waals surface area contributed by atoms with Gasteiger partial charge in [-0.25, -0.2) is 0 Å². The second-order valence-electron chi connectivity index (χ2n) is 4.15. The molecule has 4 nitrogen and oxygen atoms in total. The molecule has 96 valence electrons. The fraction of sp³-hybridized carbons (Fsp3) is 0.0667. The van der Waals surface area contributed by atoms with Gasteiger partial charge in [0.15, 0.2) is 0 Å². The second kappa shape index (κ2) is 5.82. The standard InChI is InChI=1S/C15H14N2O2/c1-11-2-8-14(9-3-11)17-16-10-12-4-6-13(7-5-12)15(18)19/h2-10,17H,1H3,(H,18,19)/p-1/b16-10-. The summed E-state index contributed by atoms with van der Waals surface area (Å²) >= 11 is 0. The summed E-state index contributed by atoms with van der Waals surface area (Å²) in [5.41, 5.74) is 5.95. The minimum absolute atomic E-state index is 0.156. The van der Waals surface area contributed by atoms with Gasteiger partial charge in [0.25, 0.3) is 0 Å². The van der Waals surface area contributed by atoms with Crippen molar-refractivity contribution in [1.82, 2.24) is 0 Å². The fourth-order valence-corrected chi connectivity index (χ4v) is 1.51. The number of nitrogens with zero attached hydrogens (tertiary/aromatic N) is 1. The number of benzene rings is 2. The maximum absolute atomic E-state index is 10.6. The van der Waals surface area contributed by atoms with Crippen LogP contribution in [0.5, 0.6) is 0 Å². The van der Waals surface area contributed by atoms with E-state index in [-0.39, 0.29) is 5.56 Å². The van der Waals surface area contributed by atoms with Crippen molar-refractivity contribution in [3.05, 3.63) is 65.2 Å². The van der Waals surface area contributed by atoms with Crippen LogP contribution in [-0.2, 0) is 0 Å². The lowest BCUT2D eigenvalue weighted by Gasteiger charge is -2.02. The summed E-state index contributed by atoms with van der Waals surface area (Å²) in [6.45, 7) is 2.02. The lowest BCUT2D eigenvalue weighted by Crippen LogP contribution is -2.21. The third-order valence-electron chi connectivity index (χ3n) is 2.61. The van der Waals surface area contributed by atoms with Crippen molar-refractivity contribution >= 4 is 17.9 Å². The summed E-state index contributed by atoms with van der Waals surface area (Å²) < 4.78 is 0. The second-order valence-corrected chi connectivity index (χ2v) is 4.15. The number of carbonyl (C=O) groups is 1. The summed E-state index contributed by atoms with van der Waals surface area (Å²) in [4.78, 5) is 10.6. The number of rotatable bonds is 4. The summed E-state index contributed by atoms with van der Waals surface area (Å²) in [6.07, 6.45) is 1.62. The number of hydrogen-bond acceptors (Lipinski definition) is 4. The van der Waals surface area contributed by atoms with Gasteiger partial charge in [-0.2, -0.15) is 5.10 Å². The predicted molar refractivity (Wildman–Crippen MR) is 73.2 cm³/mol. The van der Waals surface area contributed by atoms with Crippen LogP contribution >= 0.6 is 0 Å². The zero-order chi connectivity index (χ0) is 13.7. The SMILES string of the molecule is Cc1ccc(N/N=C\c2ccc(C(=O)[O-])cc2)cc1. The molecule has 19 heavy (non-hydrogen) atoms. The molecule has 0 aliphatic rings. The van der Waals surface area contributed by atoms with Gasteiger partial charge in [-0.3, -0.25) is 5.43 Å². The number of carbonyl (C=O) groups excluding carboxylic acids is 1. The molecule has 0 radical (unpaired) electrons. The molecule has 0 spiro atoms. The Bertz CT molecular complexity index is 587. The molecule has 0 fully saturated rings. The van der Waals surface area contributed by atoms with Crippen molar-refractivity contribution in [2.75, 3.05) is 5.43 Å². The molecule has 2 rings (SSSR count). The Morgan fingerprint density at radius 3 is 2.32 bits per heavy atom. The number of hydrazone groups is 1. The number of carboxylic acid groups (broad SMARTS) is 1. The Morgan fingerprint density at radius 2 is 1.74 bits per heavy atom.